The molecule has 1 heterocycles. The minimum atomic E-state index is -0.765. The molecule has 14 heteroatoms. The zero-order chi connectivity index (χ0) is 39.8. The minimum Gasteiger partial charge on any atom is -0.379 e. The van der Waals surface area contributed by atoms with Crippen LogP contribution >= 0.6 is 0 Å². The van der Waals surface area contributed by atoms with Gasteiger partial charge in [0.2, 0.25) is 23.6 Å². The lowest BCUT2D eigenvalue weighted by Crippen LogP contribution is -2.59. The number of hydrogen-bond donors (Lipinski definition) is 3. The molecule has 1 saturated heterocycles. The van der Waals surface area contributed by atoms with Gasteiger partial charge in [0.1, 0.15) is 6.04 Å². The standard InChI is InChI=1S/C39H66N8O6/c1-12-26(6)35(46(9)39(51)34(25(4)5)44-38(50)33(41-8)24(2)3)31(52-10)22-32(48)47-20-16-19-30(47)36(53-11)27(7)37(49)43-29(23-42-45-40)21-28-17-14-13-15-18-28/h13-15,17-18,24-27,29-31,33-36,41H,12,16,19-23H2,1-11H3,(H,43,49)(H,44,50)/t26-,27+,29-,30-,31+,33-,34-,35-,36+/m0/s1. The molecule has 1 aromatic rings. The lowest BCUT2D eigenvalue weighted by molar-refractivity contribution is -0.147. The number of methoxy groups -OCH3 is 2. The second-order valence-corrected chi connectivity index (χ2v) is 15.1. The fourth-order valence-corrected chi connectivity index (χ4v) is 7.58. The highest BCUT2D eigenvalue weighted by Crippen LogP contribution is 2.30. The van der Waals surface area contributed by atoms with Crippen LogP contribution in [0.1, 0.15) is 79.7 Å². The normalized spacial score (nSPS) is 19.0. The van der Waals surface area contributed by atoms with Crippen molar-refractivity contribution in [2.45, 2.75) is 123 Å². The van der Waals surface area contributed by atoms with Gasteiger partial charge in [0.05, 0.1) is 42.7 Å². The highest BCUT2D eigenvalue weighted by molar-refractivity contribution is 5.90. The summed E-state index contributed by atoms with van der Waals surface area (Å²) < 4.78 is 12.0. The highest BCUT2D eigenvalue weighted by Gasteiger charge is 2.43. The van der Waals surface area contributed by atoms with Gasteiger partial charge in [-0.1, -0.05) is 90.3 Å². The van der Waals surface area contributed by atoms with Gasteiger partial charge in [-0.3, -0.25) is 19.2 Å². The summed E-state index contributed by atoms with van der Waals surface area (Å²) in [6.45, 7) is 14.2. The molecule has 298 valence electrons. The summed E-state index contributed by atoms with van der Waals surface area (Å²) in [5, 5.41) is 12.8. The first-order chi connectivity index (χ1) is 25.2. The van der Waals surface area contributed by atoms with Gasteiger partial charge in [0.25, 0.3) is 0 Å². The van der Waals surface area contributed by atoms with Crippen LogP contribution in [0.25, 0.3) is 10.4 Å². The number of hydrogen-bond acceptors (Lipinski definition) is 8. The predicted molar refractivity (Wildman–Crippen MR) is 207 cm³/mol. The van der Waals surface area contributed by atoms with Crippen molar-refractivity contribution in [1.29, 1.82) is 0 Å². The van der Waals surface area contributed by atoms with Gasteiger partial charge in [-0.15, -0.1) is 0 Å². The van der Waals surface area contributed by atoms with Crippen LogP contribution < -0.4 is 16.0 Å². The average molecular weight is 743 g/mol. The molecule has 2 rings (SSSR count). The monoisotopic (exact) mass is 743 g/mol. The lowest BCUT2D eigenvalue weighted by atomic mass is 9.89. The summed E-state index contributed by atoms with van der Waals surface area (Å²) in [4.78, 5) is 61.5. The third-order valence-electron chi connectivity index (χ3n) is 10.8. The Morgan fingerprint density at radius 3 is 2.15 bits per heavy atom. The van der Waals surface area contributed by atoms with E-state index in [-0.39, 0.29) is 60.4 Å². The Hall–Kier alpha value is -3.71. The second kappa shape index (κ2) is 22.5. The van der Waals surface area contributed by atoms with Gasteiger partial charge in [-0.05, 0) is 55.2 Å². The van der Waals surface area contributed by atoms with Gasteiger partial charge in [-0.25, -0.2) is 0 Å². The zero-order valence-electron chi connectivity index (χ0n) is 33.9. The number of nitrogens with zero attached hydrogens (tertiary/aromatic N) is 5. The maximum absolute atomic E-state index is 14.2. The van der Waals surface area contributed by atoms with Gasteiger partial charge in [0.15, 0.2) is 0 Å². The number of carbonyl (C=O) groups excluding carboxylic acids is 4. The summed E-state index contributed by atoms with van der Waals surface area (Å²) in [5.41, 5.74) is 9.96. The van der Waals surface area contributed by atoms with Crippen molar-refractivity contribution in [1.82, 2.24) is 25.8 Å². The minimum absolute atomic E-state index is 0.0232. The van der Waals surface area contributed by atoms with E-state index in [1.54, 1.807) is 45.0 Å². The molecule has 1 fully saturated rings. The zero-order valence-corrected chi connectivity index (χ0v) is 33.9. The Bertz CT molecular complexity index is 1360. The van der Waals surface area contributed by atoms with E-state index in [1.165, 1.54) is 0 Å². The molecule has 9 atom stereocenters. The molecule has 1 aromatic carbocycles. The van der Waals surface area contributed by atoms with E-state index < -0.39 is 42.3 Å². The average Bonchev–Trinajstić information content (AvgIpc) is 3.62. The Balaban J connectivity index is 2.27. The number of carbonyl (C=O) groups is 4. The Morgan fingerprint density at radius 1 is 0.981 bits per heavy atom. The van der Waals surface area contributed by atoms with Crippen molar-refractivity contribution in [2.24, 2.45) is 28.8 Å². The van der Waals surface area contributed by atoms with E-state index in [2.05, 4.69) is 26.0 Å². The molecule has 14 nitrogen and oxygen atoms in total. The van der Waals surface area contributed by atoms with Crippen LogP contribution in [-0.4, -0.2) is 117 Å². The van der Waals surface area contributed by atoms with E-state index in [0.717, 1.165) is 18.4 Å². The fourth-order valence-electron chi connectivity index (χ4n) is 7.58. The number of likely N-dealkylation sites (tertiary alicyclic amines) is 1. The van der Waals surface area contributed by atoms with Crippen LogP contribution in [0.3, 0.4) is 0 Å². The van der Waals surface area contributed by atoms with E-state index in [9.17, 15) is 19.2 Å². The van der Waals surface area contributed by atoms with Crippen molar-refractivity contribution in [3.05, 3.63) is 46.3 Å². The number of amides is 4. The van der Waals surface area contributed by atoms with Gasteiger partial charge >= 0.3 is 0 Å². The lowest BCUT2D eigenvalue weighted by Gasteiger charge is -2.41. The number of ether oxygens (including phenoxy) is 2. The third-order valence-corrected chi connectivity index (χ3v) is 10.8. The van der Waals surface area contributed by atoms with Crippen molar-refractivity contribution in [2.75, 3.05) is 41.4 Å². The Labute approximate surface area is 317 Å². The van der Waals surface area contributed by atoms with E-state index >= 15 is 0 Å². The molecule has 53 heavy (non-hydrogen) atoms. The predicted octanol–water partition coefficient (Wildman–Crippen LogP) is 4.33. The largest absolute Gasteiger partial charge is 0.379 e. The van der Waals surface area contributed by atoms with Crippen molar-refractivity contribution in [3.63, 3.8) is 0 Å². The molecule has 0 unspecified atom stereocenters. The molecule has 0 aromatic heterocycles. The molecular weight excluding hydrogens is 676 g/mol. The SMILES string of the molecule is CC[C@H](C)[C@@H]([C@@H](CC(=O)N1CCC[C@H]1[C@H](OC)[C@@H](C)C(=O)N[C@H](CN=[N+]=[N-])Cc1ccccc1)OC)N(C)C(=O)[C@@H](NC(=O)[C@@H](NC)C(C)C)C(C)C. The number of azide groups is 1. The topological polar surface area (TPSA) is 178 Å². The van der Waals surface area contributed by atoms with Crippen molar-refractivity contribution >= 4 is 23.6 Å². The molecule has 0 radical (unpaired) electrons. The van der Waals surface area contributed by atoms with Gasteiger partial charge in [0, 0.05) is 45.3 Å². The molecule has 0 saturated carbocycles. The number of nitrogens with one attached hydrogen (secondary N) is 3. The van der Waals surface area contributed by atoms with Gasteiger partial charge in [-0.2, -0.15) is 0 Å². The summed E-state index contributed by atoms with van der Waals surface area (Å²) in [6.07, 6.45) is 1.46. The molecule has 3 N–H and O–H groups in total. The highest BCUT2D eigenvalue weighted by atomic mass is 16.5. The van der Waals surface area contributed by atoms with Crippen LogP contribution in [0.15, 0.2) is 35.4 Å². The molecule has 0 spiro atoms. The third kappa shape index (κ3) is 12.7. The molecule has 0 bridgehead atoms. The quantitative estimate of drug-likeness (QED) is 0.0900. The first-order valence-corrected chi connectivity index (χ1v) is 19.1. The van der Waals surface area contributed by atoms with E-state index in [0.29, 0.717) is 19.4 Å². The first-order valence-electron chi connectivity index (χ1n) is 19.1. The summed E-state index contributed by atoms with van der Waals surface area (Å²) >= 11 is 0. The smallest absolute Gasteiger partial charge is 0.245 e. The molecule has 1 aliphatic heterocycles. The number of rotatable bonds is 22. The summed E-state index contributed by atoms with van der Waals surface area (Å²) in [7, 11) is 6.57. The molecule has 1 aliphatic rings. The molecular formula is C39H66N8O6. The van der Waals surface area contributed by atoms with Crippen molar-refractivity contribution in [3.8, 4) is 0 Å². The van der Waals surface area contributed by atoms with Gasteiger partial charge < -0.3 is 35.2 Å². The van der Waals surface area contributed by atoms with E-state index in [4.69, 9.17) is 15.0 Å². The number of benzene rings is 1. The van der Waals surface area contributed by atoms with Crippen LogP contribution in [0, 0.1) is 23.7 Å². The van der Waals surface area contributed by atoms with Crippen molar-refractivity contribution < 1.29 is 28.7 Å². The second-order valence-electron chi connectivity index (χ2n) is 15.1. The maximum Gasteiger partial charge on any atom is 0.245 e. The fraction of sp³-hybridized carbons (Fsp3) is 0.744. The van der Waals surface area contributed by atoms with Crippen LogP contribution in [0.4, 0.5) is 0 Å². The summed E-state index contributed by atoms with van der Waals surface area (Å²) in [6, 6.07) is 7.24. The van der Waals surface area contributed by atoms with Crippen LogP contribution in [0.2, 0.25) is 0 Å². The van der Waals surface area contributed by atoms with E-state index in [1.807, 2.05) is 71.9 Å². The molecule has 0 aliphatic carbocycles. The van der Waals surface area contributed by atoms with Crippen LogP contribution in [-0.2, 0) is 35.1 Å². The number of likely N-dealkylation sites (N-methyl/N-ethyl adjacent to an activating group) is 2. The maximum atomic E-state index is 14.2. The van der Waals surface area contributed by atoms with Crippen LogP contribution in [0.5, 0.6) is 0 Å². The first kappa shape index (κ1) is 45.4. The summed E-state index contributed by atoms with van der Waals surface area (Å²) in [5.74, 6) is -1.65. The Morgan fingerprint density at radius 2 is 1.62 bits per heavy atom. The molecule has 4 amide bonds. The Kier molecular flexibility index (Phi) is 19.3.